The van der Waals surface area contributed by atoms with Crippen LogP contribution in [0.1, 0.15) is 18.4 Å². The molecule has 8 nitrogen and oxygen atoms in total. The number of nitrogens with one attached hydrogen (secondary N) is 1. The average Bonchev–Trinajstić information content (AvgIpc) is 3.34. The van der Waals surface area contributed by atoms with Gasteiger partial charge in [0.05, 0.1) is 16.6 Å². The zero-order valence-corrected chi connectivity index (χ0v) is 18.7. The van der Waals surface area contributed by atoms with Crippen molar-refractivity contribution in [3.8, 4) is 0 Å². The first-order valence-electron chi connectivity index (χ1n) is 10.8. The maximum absolute atomic E-state index is 13.1. The lowest BCUT2D eigenvalue weighted by Gasteiger charge is -2.23. The van der Waals surface area contributed by atoms with Crippen molar-refractivity contribution in [3.63, 3.8) is 0 Å². The van der Waals surface area contributed by atoms with Crippen LogP contribution in [-0.4, -0.2) is 44.3 Å². The van der Waals surface area contributed by atoms with Crippen molar-refractivity contribution in [2.24, 2.45) is 5.73 Å². The van der Waals surface area contributed by atoms with Crippen LogP contribution in [0.4, 0.5) is 11.4 Å². The lowest BCUT2D eigenvalue weighted by Crippen LogP contribution is -2.40. The molecule has 0 bridgehead atoms. The Morgan fingerprint density at radius 3 is 2.58 bits per heavy atom. The molecule has 2 aliphatic rings. The second kappa shape index (κ2) is 8.17. The Kier molecular flexibility index (Phi) is 5.30. The monoisotopic (exact) mass is 464 g/mol. The summed E-state index contributed by atoms with van der Waals surface area (Å²) in [5.74, 6) is -0.786. The molecule has 0 spiro atoms. The highest BCUT2D eigenvalue weighted by Crippen LogP contribution is 2.41. The Bertz CT molecular complexity index is 1370. The number of nitrogens with two attached hydrogens (primary N) is 1. The van der Waals surface area contributed by atoms with Crippen LogP contribution in [0.25, 0.3) is 10.8 Å². The number of hydrogen-bond donors (Lipinski definition) is 2. The highest BCUT2D eigenvalue weighted by atomic mass is 32.2. The van der Waals surface area contributed by atoms with E-state index in [1.807, 2.05) is 29.2 Å². The Hall–Kier alpha value is -3.43. The quantitative estimate of drug-likeness (QED) is 0.582. The molecule has 0 aromatic heterocycles. The van der Waals surface area contributed by atoms with E-state index in [1.54, 1.807) is 36.4 Å². The molecule has 0 radical (unpaired) electrons. The molecule has 5 rings (SSSR count). The summed E-state index contributed by atoms with van der Waals surface area (Å²) in [6.45, 7) is 0.888. The minimum absolute atomic E-state index is 0.218. The summed E-state index contributed by atoms with van der Waals surface area (Å²) in [6.07, 6.45) is 1.61. The lowest BCUT2D eigenvalue weighted by molar-refractivity contribution is -0.122. The van der Waals surface area contributed by atoms with Crippen LogP contribution in [0, 0.1) is 0 Å². The predicted molar refractivity (Wildman–Crippen MR) is 126 cm³/mol. The highest BCUT2D eigenvalue weighted by molar-refractivity contribution is 7.93. The number of rotatable bonds is 6. The number of carbonyl (C=O) groups excluding carboxylic acids is 2. The molecule has 3 aromatic carbocycles. The molecule has 9 heteroatoms. The van der Waals surface area contributed by atoms with Gasteiger partial charge in [0.25, 0.3) is 10.0 Å². The number of hydrogen-bond acceptors (Lipinski definition) is 5. The summed E-state index contributed by atoms with van der Waals surface area (Å²) in [5.41, 5.74) is 7.47. The van der Waals surface area contributed by atoms with Gasteiger partial charge in [-0.3, -0.25) is 18.8 Å². The van der Waals surface area contributed by atoms with E-state index < -0.39 is 15.9 Å². The fourth-order valence-corrected chi connectivity index (χ4v) is 6.45. The smallest absolute Gasteiger partial charge is 0.265 e. The van der Waals surface area contributed by atoms with E-state index in [0.29, 0.717) is 23.3 Å². The molecule has 0 aliphatic carbocycles. The second-order valence-electron chi connectivity index (χ2n) is 8.38. The van der Waals surface area contributed by atoms with Gasteiger partial charge in [0.15, 0.2) is 0 Å². The third-order valence-corrected chi connectivity index (χ3v) is 8.13. The molecular formula is C24H24N4O4S. The number of anilines is 2. The molecule has 1 saturated heterocycles. The van der Waals surface area contributed by atoms with Gasteiger partial charge in [-0.15, -0.1) is 0 Å². The number of carbonyl (C=O) groups is 2. The zero-order valence-electron chi connectivity index (χ0n) is 17.9. The van der Waals surface area contributed by atoms with Gasteiger partial charge in [-0.05, 0) is 48.5 Å². The predicted octanol–water partition coefficient (Wildman–Crippen LogP) is 2.44. The van der Waals surface area contributed by atoms with Crippen LogP contribution < -0.4 is 15.4 Å². The molecule has 3 aromatic rings. The number of para-hydroxylation sites is 1. The van der Waals surface area contributed by atoms with Gasteiger partial charge in [-0.1, -0.05) is 42.5 Å². The van der Waals surface area contributed by atoms with E-state index in [1.165, 1.54) is 0 Å². The maximum Gasteiger partial charge on any atom is 0.265 e. The summed E-state index contributed by atoms with van der Waals surface area (Å²) < 4.78 is 27.4. The summed E-state index contributed by atoms with van der Waals surface area (Å²) in [5, 5.41) is 4.32. The number of benzene rings is 3. The van der Waals surface area contributed by atoms with Crippen LogP contribution in [-0.2, 0) is 26.2 Å². The fourth-order valence-electron chi connectivity index (χ4n) is 4.79. The van der Waals surface area contributed by atoms with Crippen LogP contribution in [0.5, 0.6) is 0 Å². The number of likely N-dealkylation sites (tertiary alicyclic amines) is 1. The van der Waals surface area contributed by atoms with Crippen molar-refractivity contribution in [3.05, 3.63) is 66.2 Å². The molecule has 3 N–H and O–H groups in total. The van der Waals surface area contributed by atoms with E-state index >= 15 is 0 Å². The molecule has 2 amide bonds. The molecular weight excluding hydrogens is 440 g/mol. The van der Waals surface area contributed by atoms with Crippen LogP contribution in [0.15, 0.2) is 65.6 Å². The molecule has 33 heavy (non-hydrogen) atoms. The number of sulfonamides is 1. The SMILES string of the molecule is NC(=O)C1CCCN1Cc1ccccc1NC(=O)CN1c2cccc3cccc(c23)S1(=O)=O. The van der Waals surface area contributed by atoms with E-state index in [-0.39, 0.29) is 23.4 Å². The first kappa shape index (κ1) is 21.4. The zero-order chi connectivity index (χ0) is 23.2. The highest BCUT2D eigenvalue weighted by Gasteiger charge is 2.36. The van der Waals surface area contributed by atoms with Gasteiger partial charge in [-0.2, -0.15) is 0 Å². The van der Waals surface area contributed by atoms with Gasteiger partial charge in [0.2, 0.25) is 11.8 Å². The molecule has 1 unspecified atom stereocenters. The summed E-state index contributed by atoms with van der Waals surface area (Å²) >= 11 is 0. The van der Waals surface area contributed by atoms with Crippen molar-refractivity contribution in [2.45, 2.75) is 30.3 Å². The Labute approximate surface area is 192 Å². The van der Waals surface area contributed by atoms with Crippen molar-refractivity contribution in [1.82, 2.24) is 4.90 Å². The molecule has 1 atom stereocenters. The first-order chi connectivity index (χ1) is 15.9. The minimum Gasteiger partial charge on any atom is -0.368 e. The van der Waals surface area contributed by atoms with Crippen LogP contribution in [0.3, 0.4) is 0 Å². The molecule has 170 valence electrons. The second-order valence-corrected chi connectivity index (χ2v) is 10.2. The van der Waals surface area contributed by atoms with Gasteiger partial charge in [0, 0.05) is 17.6 Å². The average molecular weight is 465 g/mol. The number of amides is 2. The Morgan fingerprint density at radius 2 is 1.79 bits per heavy atom. The maximum atomic E-state index is 13.1. The van der Waals surface area contributed by atoms with Crippen LogP contribution >= 0.6 is 0 Å². The molecule has 2 aliphatic heterocycles. The van der Waals surface area contributed by atoms with Gasteiger partial charge in [-0.25, -0.2) is 8.42 Å². The van der Waals surface area contributed by atoms with Gasteiger partial charge >= 0.3 is 0 Å². The van der Waals surface area contributed by atoms with Gasteiger partial charge < -0.3 is 11.1 Å². The lowest BCUT2D eigenvalue weighted by atomic mass is 10.1. The van der Waals surface area contributed by atoms with E-state index in [9.17, 15) is 18.0 Å². The van der Waals surface area contributed by atoms with E-state index in [2.05, 4.69) is 5.32 Å². The van der Waals surface area contributed by atoms with Crippen molar-refractivity contribution in [2.75, 3.05) is 22.7 Å². The minimum atomic E-state index is -3.82. The van der Waals surface area contributed by atoms with Crippen molar-refractivity contribution < 1.29 is 18.0 Å². The normalized spacial score (nSPS) is 19.2. The standard InChI is InChI=1S/C24H24N4O4S/c25-24(30)20-11-5-13-27(20)14-17-6-1-2-9-18(17)26-22(29)15-28-19-10-3-7-16-8-4-12-21(23(16)19)33(28,31)32/h1-4,6-10,12,20H,5,11,13-15H2,(H2,25,30)(H,26,29). The van der Waals surface area contributed by atoms with Gasteiger partial charge in [0.1, 0.15) is 6.54 Å². The topological polar surface area (TPSA) is 113 Å². The van der Waals surface area contributed by atoms with Crippen molar-refractivity contribution in [1.29, 1.82) is 0 Å². The Balaban J connectivity index is 1.37. The van der Waals surface area contributed by atoms with E-state index in [4.69, 9.17) is 5.73 Å². The first-order valence-corrected chi connectivity index (χ1v) is 12.3. The molecule has 2 heterocycles. The largest absolute Gasteiger partial charge is 0.368 e. The Morgan fingerprint density at radius 1 is 1.03 bits per heavy atom. The number of nitrogens with zero attached hydrogens (tertiary/aromatic N) is 2. The summed E-state index contributed by atoms with van der Waals surface area (Å²) in [7, 11) is -3.82. The van der Waals surface area contributed by atoms with Crippen molar-refractivity contribution >= 4 is 44.0 Å². The number of primary amides is 1. The summed E-state index contributed by atoms with van der Waals surface area (Å²) in [4.78, 5) is 26.9. The fraction of sp³-hybridized carbons (Fsp3) is 0.250. The third kappa shape index (κ3) is 3.73. The third-order valence-electron chi connectivity index (χ3n) is 6.33. The molecule has 0 saturated carbocycles. The van der Waals surface area contributed by atoms with Crippen LogP contribution in [0.2, 0.25) is 0 Å². The summed E-state index contributed by atoms with van der Waals surface area (Å²) in [6, 6.07) is 17.5. The molecule has 1 fully saturated rings. The van der Waals surface area contributed by atoms with E-state index in [0.717, 1.165) is 34.6 Å².